The van der Waals surface area contributed by atoms with Crippen LogP contribution >= 0.6 is 0 Å². The van der Waals surface area contributed by atoms with Gasteiger partial charge >= 0.3 is 0 Å². The van der Waals surface area contributed by atoms with Gasteiger partial charge in [0.25, 0.3) is 5.91 Å². The molecule has 1 rings (SSSR count). The first-order valence-electron chi connectivity index (χ1n) is 7.29. The van der Waals surface area contributed by atoms with Gasteiger partial charge in [0.05, 0.1) is 13.7 Å². The molecule has 0 heterocycles. The SMILES string of the molecule is CCOc1ccc(/C=C(\C#N)C(=O)N[C@@H](C)CC)cc1OC. The van der Waals surface area contributed by atoms with Crippen molar-refractivity contribution in [3.05, 3.63) is 29.3 Å². The van der Waals surface area contributed by atoms with Gasteiger partial charge in [0, 0.05) is 6.04 Å². The number of rotatable bonds is 7. The zero-order chi connectivity index (χ0) is 16.5. The molecule has 0 spiro atoms. The average molecular weight is 302 g/mol. The van der Waals surface area contributed by atoms with Crippen molar-refractivity contribution in [1.82, 2.24) is 5.32 Å². The minimum absolute atomic E-state index is 0.0270. The van der Waals surface area contributed by atoms with Crippen LogP contribution in [0.4, 0.5) is 0 Å². The van der Waals surface area contributed by atoms with E-state index in [9.17, 15) is 10.1 Å². The second kappa shape index (κ2) is 8.73. The van der Waals surface area contributed by atoms with Crippen molar-refractivity contribution in [2.75, 3.05) is 13.7 Å². The highest BCUT2D eigenvalue weighted by molar-refractivity contribution is 6.01. The highest BCUT2D eigenvalue weighted by Crippen LogP contribution is 2.28. The van der Waals surface area contributed by atoms with Crippen LogP contribution in [0.15, 0.2) is 23.8 Å². The van der Waals surface area contributed by atoms with Gasteiger partial charge in [-0.2, -0.15) is 5.26 Å². The number of nitriles is 1. The highest BCUT2D eigenvalue weighted by Gasteiger charge is 2.12. The number of nitrogens with zero attached hydrogens (tertiary/aromatic N) is 1. The summed E-state index contributed by atoms with van der Waals surface area (Å²) in [5.74, 6) is 0.824. The summed E-state index contributed by atoms with van der Waals surface area (Å²) in [4.78, 5) is 12.0. The van der Waals surface area contributed by atoms with Crippen LogP contribution in [-0.2, 0) is 4.79 Å². The van der Waals surface area contributed by atoms with Crippen LogP contribution in [0.5, 0.6) is 11.5 Å². The third kappa shape index (κ3) is 4.81. The van der Waals surface area contributed by atoms with Crippen molar-refractivity contribution in [3.8, 4) is 17.6 Å². The van der Waals surface area contributed by atoms with Crippen LogP contribution in [-0.4, -0.2) is 25.7 Å². The zero-order valence-electron chi connectivity index (χ0n) is 13.5. The summed E-state index contributed by atoms with van der Waals surface area (Å²) >= 11 is 0. The van der Waals surface area contributed by atoms with E-state index in [4.69, 9.17) is 9.47 Å². The number of benzene rings is 1. The number of amides is 1. The smallest absolute Gasteiger partial charge is 0.262 e. The molecule has 1 aromatic rings. The van der Waals surface area contributed by atoms with Gasteiger partial charge in [0.1, 0.15) is 11.6 Å². The van der Waals surface area contributed by atoms with Crippen LogP contribution in [0.3, 0.4) is 0 Å². The highest BCUT2D eigenvalue weighted by atomic mass is 16.5. The van der Waals surface area contributed by atoms with E-state index in [1.165, 1.54) is 6.08 Å². The van der Waals surface area contributed by atoms with Crippen molar-refractivity contribution in [2.24, 2.45) is 0 Å². The number of carbonyl (C=O) groups is 1. The lowest BCUT2D eigenvalue weighted by Gasteiger charge is -2.11. The summed E-state index contributed by atoms with van der Waals surface area (Å²) in [7, 11) is 1.55. The molecule has 1 amide bonds. The number of methoxy groups -OCH3 is 1. The van der Waals surface area contributed by atoms with Crippen LogP contribution in [0.1, 0.15) is 32.8 Å². The molecule has 0 unspecified atom stereocenters. The molecule has 1 N–H and O–H groups in total. The predicted molar refractivity (Wildman–Crippen MR) is 85.6 cm³/mol. The standard InChI is InChI=1S/C17H22N2O3/c1-5-12(3)19-17(20)14(11-18)9-13-7-8-15(22-6-2)16(10-13)21-4/h7-10,12H,5-6H2,1-4H3,(H,19,20)/b14-9+/t12-/m0/s1. The molecule has 0 aliphatic carbocycles. The third-order valence-electron chi connectivity index (χ3n) is 3.15. The molecule has 118 valence electrons. The van der Waals surface area contributed by atoms with E-state index in [1.54, 1.807) is 25.3 Å². The number of hydrogen-bond acceptors (Lipinski definition) is 4. The van der Waals surface area contributed by atoms with Crippen molar-refractivity contribution in [3.63, 3.8) is 0 Å². The van der Waals surface area contributed by atoms with E-state index in [2.05, 4.69) is 5.32 Å². The van der Waals surface area contributed by atoms with E-state index in [1.807, 2.05) is 26.8 Å². The maximum atomic E-state index is 12.0. The van der Waals surface area contributed by atoms with Crippen molar-refractivity contribution < 1.29 is 14.3 Å². The Morgan fingerprint density at radius 2 is 2.14 bits per heavy atom. The molecule has 5 heteroatoms. The molecule has 0 aliphatic heterocycles. The summed E-state index contributed by atoms with van der Waals surface area (Å²) in [5.41, 5.74) is 0.766. The zero-order valence-corrected chi connectivity index (χ0v) is 13.5. The molecule has 0 saturated heterocycles. The van der Waals surface area contributed by atoms with Crippen molar-refractivity contribution in [1.29, 1.82) is 5.26 Å². The Bertz CT molecular complexity index is 588. The summed E-state index contributed by atoms with van der Waals surface area (Å²) < 4.78 is 10.7. The van der Waals surface area contributed by atoms with Crippen LogP contribution in [0.25, 0.3) is 6.08 Å². The van der Waals surface area contributed by atoms with Crippen molar-refractivity contribution in [2.45, 2.75) is 33.2 Å². The molecule has 0 radical (unpaired) electrons. The van der Waals surface area contributed by atoms with Crippen molar-refractivity contribution >= 4 is 12.0 Å². The quantitative estimate of drug-likeness (QED) is 0.621. The Balaban J connectivity index is 3.03. The first-order valence-corrected chi connectivity index (χ1v) is 7.29. The maximum Gasteiger partial charge on any atom is 0.262 e. The molecule has 0 fully saturated rings. The van der Waals surface area contributed by atoms with Gasteiger partial charge < -0.3 is 14.8 Å². The molecule has 0 aromatic heterocycles. The van der Waals surface area contributed by atoms with Gasteiger partial charge in [-0.1, -0.05) is 13.0 Å². The molecule has 1 atom stereocenters. The van der Waals surface area contributed by atoms with Gasteiger partial charge in [0.2, 0.25) is 0 Å². The third-order valence-corrected chi connectivity index (χ3v) is 3.15. The largest absolute Gasteiger partial charge is 0.493 e. The van der Waals surface area contributed by atoms with E-state index in [-0.39, 0.29) is 17.5 Å². The lowest BCUT2D eigenvalue weighted by atomic mass is 10.1. The molecule has 0 bridgehead atoms. The van der Waals surface area contributed by atoms with Gasteiger partial charge in [-0.25, -0.2) is 0 Å². The molecule has 5 nitrogen and oxygen atoms in total. The molecular weight excluding hydrogens is 280 g/mol. The monoisotopic (exact) mass is 302 g/mol. The molecule has 0 saturated carbocycles. The Morgan fingerprint density at radius 3 is 2.68 bits per heavy atom. The predicted octanol–water partition coefficient (Wildman–Crippen LogP) is 2.92. The Morgan fingerprint density at radius 1 is 1.41 bits per heavy atom. The Labute approximate surface area is 131 Å². The normalized spacial score (nSPS) is 12.2. The number of hydrogen-bond donors (Lipinski definition) is 1. The van der Waals surface area contributed by atoms with Crippen LogP contribution < -0.4 is 14.8 Å². The van der Waals surface area contributed by atoms with E-state index >= 15 is 0 Å². The fourth-order valence-electron chi connectivity index (χ4n) is 1.77. The Hall–Kier alpha value is -2.48. The summed E-state index contributed by atoms with van der Waals surface area (Å²) in [5, 5.41) is 11.9. The van der Waals surface area contributed by atoms with Crippen LogP contribution in [0.2, 0.25) is 0 Å². The summed E-state index contributed by atoms with van der Waals surface area (Å²) in [6.07, 6.45) is 2.34. The number of ether oxygens (including phenoxy) is 2. The van der Waals surface area contributed by atoms with Gasteiger partial charge in [-0.3, -0.25) is 4.79 Å². The maximum absolute atomic E-state index is 12.0. The fraction of sp³-hybridized carbons (Fsp3) is 0.412. The van der Waals surface area contributed by atoms with Gasteiger partial charge in [-0.05, 0) is 44.0 Å². The van der Waals surface area contributed by atoms with Crippen LogP contribution in [0, 0.1) is 11.3 Å². The van der Waals surface area contributed by atoms with E-state index in [0.29, 0.717) is 23.7 Å². The van der Waals surface area contributed by atoms with E-state index < -0.39 is 0 Å². The second-order valence-corrected chi connectivity index (χ2v) is 4.80. The summed E-state index contributed by atoms with van der Waals surface area (Å²) in [6, 6.07) is 7.23. The minimum atomic E-state index is -0.371. The average Bonchev–Trinajstić information content (AvgIpc) is 2.53. The number of nitrogens with one attached hydrogen (secondary N) is 1. The molecular formula is C17H22N2O3. The Kier molecular flexibility index (Phi) is 6.97. The van der Waals surface area contributed by atoms with Gasteiger partial charge in [0.15, 0.2) is 11.5 Å². The molecule has 22 heavy (non-hydrogen) atoms. The lowest BCUT2D eigenvalue weighted by Crippen LogP contribution is -2.32. The number of carbonyl (C=O) groups excluding carboxylic acids is 1. The first-order chi connectivity index (χ1) is 10.5. The minimum Gasteiger partial charge on any atom is -0.493 e. The van der Waals surface area contributed by atoms with Gasteiger partial charge in [-0.15, -0.1) is 0 Å². The molecule has 1 aromatic carbocycles. The fourth-order valence-corrected chi connectivity index (χ4v) is 1.77. The summed E-state index contributed by atoms with van der Waals surface area (Å²) in [6.45, 7) is 6.29. The van der Waals surface area contributed by atoms with E-state index in [0.717, 1.165) is 6.42 Å². The second-order valence-electron chi connectivity index (χ2n) is 4.80. The lowest BCUT2D eigenvalue weighted by molar-refractivity contribution is -0.117. The first kappa shape index (κ1) is 17.6. The topological polar surface area (TPSA) is 71.3 Å². The molecule has 0 aliphatic rings.